The van der Waals surface area contributed by atoms with Gasteiger partial charge in [0.2, 0.25) is 5.91 Å². The molecule has 0 aromatic rings. The maximum Gasteiger partial charge on any atom is 0.326 e. The zero-order valence-electron chi connectivity index (χ0n) is 11.1. The van der Waals surface area contributed by atoms with Crippen LogP contribution in [0.15, 0.2) is 0 Å². The molecule has 0 aromatic heterocycles. The number of aliphatic carboxylic acids is 1. The Morgan fingerprint density at radius 3 is 2.61 bits per heavy atom. The van der Waals surface area contributed by atoms with E-state index in [1.807, 2.05) is 6.92 Å². The molecule has 0 bridgehead atoms. The van der Waals surface area contributed by atoms with Gasteiger partial charge in [-0.2, -0.15) is 0 Å². The summed E-state index contributed by atoms with van der Waals surface area (Å²) in [6, 6.07) is -0.723. The summed E-state index contributed by atoms with van der Waals surface area (Å²) in [7, 11) is 0. The highest BCUT2D eigenvalue weighted by molar-refractivity contribution is 5.83. The lowest BCUT2D eigenvalue weighted by Gasteiger charge is -2.23. The Bertz CT molecular complexity index is 275. The minimum atomic E-state index is -0.929. The van der Waals surface area contributed by atoms with E-state index in [2.05, 4.69) is 10.6 Å². The van der Waals surface area contributed by atoms with Gasteiger partial charge in [0.1, 0.15) is 6.04 Å². The van der Waals surface area contributed by atoms with Gasteiger partial charge in [-0.25, -0.2) is 4.79 Å². The smallest absolute Gasteiger partial charge is 0.326 e. The van der Waals surface area contributed by atoms with Crippen molar-refractivity contribution in [3.8, 4) is 0 Å². The van der Waals surface area contributed by atoms with Crippen molar-refractivity contribution in [2.24, 2.45) is 5.92 Å². The van der Waals surface area contributed by atoms with Gasteiger partial charge in [0.15, 0.2) is 0 Å². The van der Waals surface area contributed by atoms with Crippen LogP contribution in [0.5, 0.6) is 0 Å². The molecular formula is C13H24N2O3. The number of amides is 1. The summed E-state index contributed by atoms with van der Waals surface area (Å²) in [5.41, 5.74) is 0. The summed E-state index contributed by atoms with van der Waals surface area (Å²) in [5.74, 6) is -0.653. The average Bonchev–Trinajstić information content (AvgIpc) is 2.35. The molecule has 104 valence electrons. The molecule has 1 saturated heterocycles. The maximum atomic E-state index is 11.8. The predicted molar refractivity (Wildman–Crippen MR) is 69.3 cm³/mol. The normalized spacial score (nSPS) is 18.3. The first-order valence-electron chi connectivity index (χ1n) is 6.86. The number of carbonyl (C=O) groups excluding carboxylic acids is 1. The molecule has 1 rings (SSSR count). The molecule has 1 amide bonds. The highest BCUT2D eigenvalue weighted by Crippen LogP contribution is 2.15. The lowest BCUT2D eigenvalue weighted by molar-refractivity contribution is -0.142. The van der Waals surface area contributed by atoms with E-state index in [-0.39, 0.29) is 5.91 Å². The van der Waals surface area contributed by atoms with Gasteiger partial charge in [-0.3, -0.25) is 4.79 Å². The standard InChI is InChI=1S/C13H24N2O3/c1-2-3-4-11(13(17)18)15-12(16)9-10-5-7-14-8-6-10/h10-11,14H,2-9H2,1H3,(H,15,16)(H,17,18)/t11-/m0/s1. The number of piperidine rings is 1. The van der Waals surface area contributed by atoms with Gasteiger partial charge in [0, 0.05) is 6.42 Å². The summed E-state index contributed by atoms with van der Waals surface area (Å²) in [6.45, 7) is 3.92. The van der Waals surface area contributed by atoms with Crippen molar-refractivity contribution in [1.82, 2.24) is 10.6 Å². The zero-order valence-corrected chi connectivity index (χ0v) is 11.1. The molecule has 1 atom stereocenters. The third-order valence-corrected chi connectivity index (χ3v) is 3.41. The first-order chi connectivity index (χ1) is 8.63. The van der Waals surface area contributed by atoms with Crippen molar-refractivity contribution >= 4 is 11.9 Å². The molecule has 3 N–H and O–H groups in total. The molecule has 0 aromatic carbocycles. The number of carbonyl (C=O) groups is 2. The van der Waals surface area contributed by atoms with E-state index in [9.17, 15) is 9.59 Å². The van der Waals surface area contributed by atoms with Crippen LogP contribution in [0, 0.1) is 5.92 Å². The van der Waals surface area contributed by atoms with Gasteiger partial charge in [0.25, 0.3) is 0 Å². The number of nitrogens with one attached hydrogen (secondary N) is 2. The molecule has 0 radical (unpaired) electrons. The van der Waals surface area contributed by atoms with Crippen LogP contribution in [-0.4, -0.2) is 36.1 Å². The lowest BCUT2D eigenvalue weighted by atomic mass is 9.94. The van der Waals surface area contributed by atoms with E-state index < -0.39 is 12.0 Å². The largest absolute Gasteiger partial charge is 0.480 e. The molecule has 1 aliphatic rings. The minimum absolute atomic E-state index is 0.120. The molecule has 0 spiro atoms. The van der Waals surface area contributed by atoms with E-state index >= 15 is 0 Å². The van der Waals surface area contributed by atoms with Crippen molar-refractivity contribution in [1.29, 1.82) is 0 Å². The Morgan fingerprint density at radius 1 is 1.39 bits per heavy atom. The number of hydrogen-bond acceptors (Lipinski definition) is 3. The number of carboxylic acids is 1. The van der Waals surface area contributed by atoms with Gasteiger partial charge in [-0.05, 0) is 38.3 Å². The Hall–Kier alpha value is -1.10. The lowest BCUT2D eigenvalue weighted by Crippen LogP contribution is -2.42. The maximum absolute atomic E-state index is 11.8. The molecule has 18 heavy (non-hydrogen) atoms. The second-order valence-electron chi connectivity index (χ2n) is 5.00. The first-order valence-corrected chi connectivity index (χ1v) is 6.86. The first kappa shape index (κ1) is 15.0. The number of carboxylic acid groups (broad SMARTS) is 1. The highest BCUT2D eigenvalue weighted by atomic mass is 16.4. The molecule has 1 heterocycles. The molecular weight excluding hydrogens is 232 g/mol. The minimum Gasteiger partial charge on any atom is -0.480 e. The SMILES string of the molecule is CCCC[C@H](NC(=O)CC1CCNCC1)C(=O)O. The second-order valence-corrected chi connectivity index (χ2v) is 5.00. The van der Waals surface area contributed by atoms with E-state index in [4.69, 9.17) is 5.11 Å². The fraction of sp³-hybridized carbons (Fsp3) is 0.846. The van der Waals surface area contributed by atoms with Crippen molar-refractivity contribution < 1.29 is 14.7 Å². The quantitative estimate of drug-likeness (QED) is 0.638. The summed E-state index contributed by atoms with van der Waals surface area (Å²) in [6.07, 6.45) is 4.74. The Labute approximate surface area is 108 Å². The Kier molecular flexibility index (Phi) is 6.72. The van der Waals surface area contributed by atoms with Crippen LogP contribution in [0.1, 0.15) is 45.4 Å². The van der Waals surface area contributed by atoms with Crippen LogP contribution in [-0.2, 0) is 9.59 Å². The molecule has 0 aliphatic carbocycles. The van der Waals surface area contributed by atoms with Crippen LogP contribution in [0.25, 0.3) is 0 Å². The third-order valence-electron chi connectivity index (χ3n) is 3.41. The van der Waals surface area contributed by atoms with Crippen LogP contribution in [0.3, 0.4) is 0 Å². The third kappa shape index (κ3) is 5.49. The van der Waals surface area contributed by atoms with Gasteiger partial charge in [0.05, 0.1) is 0 Å². The van der Waals surface area contributed by atoms with E-state index in [1.165, 1.54) is 0 Å². The van der Waals surface area contributed by atoms with E-state index in [0.717, 1.165) is 38.8 Å². The van der Waals surface area contributed by atoms with Crippen molar-refractivity contribution in [2.75, 3.05) is 13.1 Å². The summed E-state index contributed by atoms with van der Waals surface area (Å²) < 4.78 is 0. The van der Waals surface area contributed by atoms with E-state index in [1.54, 1.807) is 0 Å². The highest BCUT2D eigenvalue weighted by Gasteiger charge is 2.22. The van der Waals surface area contributed by atoms with Crippen LogP contribution in [0.4, 0.5) is 0 Å². The molecule has 0 unspecified atom stereocenters. The monoisotopic (exact) mass is 256 g/mol. The van der Waals surface area contributed by atoms with Crippen molar-refractivity contribution in [2.45, 2.75) is 51.5 Å². The molecule has 0 saturated carbocycles. The van der Waals surface area contributed by atoms with Crippen LogP contribution in [0.2, 0.25) is 0 Å². The van der Waals surface area contributed by atoms with Crippen molar-refractivity contribution in [3.63, 3.8) is 0 Å². The average molecular weight is 256 g/mol. The van der Waals surface area contributed by atoms with Crippen LogP contribution >= 0.6 is 0 Å². The van der Waals surface area contributed by atoms with Crippen LogP contribution < -0.4 is 10.6 Å². The topological polar surface area (TPSA) is 78.4 Å². The van der Waals surface area contributed by atoms with Gasteiger partial charge in [-0.15, -0.1) is 0 Å². The number of rotatable bonds is 7. The summed E-state index contributed by atoms with van der Waals surface area (Å²) >= 11 is 0. The molecule has 1 aliphatic heterocycles. The molecule has 5 heteroatoms. The second kappa shape index (κ2) is 8.08. The van der Waals surface area contributed by atoms with Gasteiger partial charge in [-0.1, -0.05) is 19.8 Å². The zero-order chi connectivity index (χ0) is 13.4. The summed E-state index contributed by atoms with van der Waals surface area (Å²) in [4.78, 5) is 22.8. The molecule has 1 fully saturated rings. The number of hydrogen-bond donors (Lipinski definition) is 3. The Morgan fingerprint density at radius 2 is 2.06 bits per heavy atom. The number of unbranched alkanes of at least 4 members (excludes halogenated alkanes) is 1. The Balaban J connectivity index is 2.32. The molecule has 5 nitrogen and oxygen atoms in total. The fourth-order valence-corrected chi connectivity index (χ4v) is 2.27. The van der Waals surface area contributed by atoms with Gasteiger partial charge >= 0.3 is 5.97 Å². The van der Waals surface area contributed by atoms with Gasteiger partial charge < -0.3 is 15.7 Å². The van der Waals surface area contributed by atoms with E-state index in [0.29, 0.717) is 18.8 Å². The van der Waals surface area contributed by atoms with Crippen molar-refractivity contribution in [3.05, 3.63) is 0 Å². The predicted octanol–water partition coefficient (Wildman–Crippen LogP) is 1.14. The fourth-order valence-electron chi connectivity index (χ4n) is 2.27. The summed E-state index contributed by atoms with van der Waals surface area (Å²) in [5, 5.41) is 14.9.